The Bertz CT molecular complexity index is 733. The SMILES string of the molecule is O=[N+]([O-])c1cc(C(F)(F)F)ccc1N1CCC[C@H]1Cn1cncn1. The molecule has 1 saturated heterocycles. The number of benzene rings is 1. The van der Waals surface area contributed by atoms with Gasteiger partial charge >= 0.3 is 6.18 Å². The molecule has 0 saturated carbocycles. The van der Waals surface area contributed by atoms with Crippen molar-refractivity contribution in [1.29, 1.82) is 0 Å². The average Bonchev–Trinajstić information content (AvgIpc) is 3.18. The highest BCUT2D eigenvalue weighted by molar-refractivity contribution is 5.65. The second kappa shape index (κ2) is 6.10. The Hall–Kier alpha value is -2.65. The van der Waals surface area contributed by atoms with Crippen LogP contribution in [-0.2, 0) is 12.7 Å². The Labute approximate surface area is 134 Å². The Morgan fingerprint density at radius 3 is 2.79 bits per heavy atom. The number of nitro benzene ring substituents is 1. The topological polar surface area (TPSA) is 77.1 Å². The van der Waals surface area contributed by atoms with Gasteiger partial charge < -0.3 is 4.90 Å². The molecule has 1 fully saturated rings. The van der Waals surface area contributed by atoms with E-state index in [2.05, 4.69) is 10.1 Å². The van der Waals surface area contributed by atoms with Crippen molar-refractivity contribution in [2.24, 2.45) is 0 Å². The first-order valence-electron chi connectivity index (χ1n) is 7.31. The largest absolute Gasteiger partial charge is 0.416 e. The first kappa shape index (κ1) is 16.2. The van der Waals surface area contributed by atoms with Crippen LogP contribution in [0.15, 0.2) is 30.9 Å². The third kappa shape index (κ3) is 3.17. The van der Waals surface area contributed by atoms with Crippen LogP contribution in [0.5, 0.6) is 0 Å². The van der Waals surface area contributed by atoms with Crippen LogP contribution < -0.4 is 4.90 Å². The minimum Gasteiger partial charge on any atom is -0.361 e. The van der Waals surface area contributed by atoms with Crippen LogP contribution in [0.2, 0.25) is 0 Å². The molecule has 0 radical (unpaired) electrons. The van der Waals surface area contributed by atoms with Crippen molar-refractivity contribution in [2.45, 2.75) is 31.6 Å². The monoisotopic (exact) mass is 341 g/mol. The van der Waals surface area contributed by atoms with E-state index in [9.17, 15) is 23.3 Å². The highest BCUT2D eigenvalue weighted by Gasteiger charge is 2.35. The number of anilines is 1. The second-order valence-corrected chi connectivity index (χ2v) is 5.57. The van der Waals surface area contributed by atoms with Crippen molar-refractivity contribution in [2.75, 3.05) is 11.4 Å². The van der Waals surface area contributed by atoms with Crippen molar-refractivity contribution in [1.82, 2.24) is 14.8 Å². The van der Waals surface area contributed by atoms with Gasteiger partial charge in [-0.1, -0.05) is 0 Å². The van der Waals surface area contributed by atoms with Crippen LogP contribution in [-0.4, -0.2) is 32.3 Å². The molecule has 3 rings (SSSR count). The van der Waals surface area contributed by atoms with Crippen LogP contribution in [0, 0.1) is 10.1 Å². The summed E-state index contributed by atoms with van der Waals surface area (Å²) in [5.74, 6) is 0. The van der Waals surface area contributed by atoms with E-state index >= 15 is 0 Å². The molecule has 1 aliphatic heterocycles. The summed E-state index contributed by atoms with van der Waals surface area (Å²) in [5, 5.41) is 15.3. The van der Waals surface area contributed by atoms with Crippen molar-refractivity contribution in [3.63, 3.8) is 0 Å². The molecule has 2 heterocycles. The number of hydrogen-bond acceptors (Lipinski definition) is 5. The lowest BCUT2D eigenvalue weighted by atomic mass is 10.1. The molecule has 10 heteroatoms. The number of rotatable bonds is 4. The first-order chi connectivity index (χ1) is 11.4. The zero-order chi connectivity index (χ0) is 17.3. The molecule has 0 N–H and O–H groups in total. The third-order valence-electron chi connectivity index (χ3n) is 4.05. The smallest absolute Gasteiger partial charge is 0.361 e. The Morgan fingerprint density at radius 2 is 2.17 bits per heavy atom. The lowest BCUT2D eigenvalue weighted by Gasteiger charge is -2.26. The summed E-state index contributed by atoms with van der Waals surface area (Å²) < 4.78 is 40.1. The number of alkyl halides is 3. The standard InChI is InChI=1S/C14H14F3N5O2/c15-14(16,17)10-3-4-12(13(6-10)22(23)24)21-5-1-2-11(21)7-20-9-18-8-19-20/h3-4,6,8-9,11H,1-2,5,7H2/t11-/m0/s1. The second-order valence-electron chi connectivity index (χ2n) is 5.57. The van der Waals surface area contributed by atoms with Crippen molar-refractivity contribution >= 4 is 11.4 Å². The minimum absolute atomic E-state index is 0.0814. The summed E-state index contributed by atoms with van der Waals surface area (Å²) in [6.07, 6.45) is -0.110. The van der Waals surface area contributed by atoms with Gasteiger partial charge in [0.1, 0.15) is 18.3 Å². The normalized spacial score (nSPS) is 18.1. The Morgan fingerprint density at radius 1 is 1.38 bits per heavy atom. The van der Waals surface area contributed by atoms with Gasteiger partial charge in [0.25, 0.3) is 5.69 Å². The summed E-state index contributed by atoms with van der Waals surface area (Å²) in [6.45, 7) is 1.02. The molecule has 0 spiro atoms. The molecule has 1 aliphatic rings. The predicted molar refractivity (Wildman–Crippen MR) is 78.5 cm³/mol. The number of aromatic nitrogens is 3. The lowest BCUT2D eigenvalue weighted by molar-refractivity contribution is -0.384. The fourth-order valence-corrected chi connectivity index (χ4v) is 2.97. The van der Waals surface area contributed by atoms with E-state index in [1.165, 1.54) is 18.7 Å². The molecule has 0 aliphatic carbocycles. The molecule has 0 amide bonds. The maximum Gasteiger partial charge on any atom is 0.416 e. The molecule has 1 atom stereocenters. The highest BCUT2D eigenvalue weighted by atomic mass is 19.4. The van der Waals surface area contributed by atoms with E-state index in [-0.39, 0.29) is 11.7 Å². The highest BCUT2D eigenvalue weighted by Crippen LogP contribution is 2.38. The van der Waals surface area contributed by atoms with E-state index < -0.39 is 22.4 Å². The number of nitrogens with zero attached hydrogens (tertiary/aromatic N) is 5. The van der Waals surface area contributed by atoms with Crippen LogP contribution in [0.25, 0.3) is 0 Å². The van der Waals surface area contributed by atoms with Crippen LogP contribution in [0.3, 0.4) is 0 Å². The molecular weight excluding hydrogens is 327 g/mol. The summed E-state index contributed by atoms with van der Waals surface area (Å²) >= 11 is 0. The molecule has 2 aromatic rings. The van der Waals surface area contributed by atoms with Gasteiger partial charge in [-0.15, -0.1) is 0 Å². The van der Waals surface area contributed by atoms with Gasteiger partial charge in [-0.3, -0.25) is 14.8 Å². The van der Waals surface area contributed by atoms with E-state index in [0.717, 1.165) is 18.9 Å². The molecule has 128 valence electrons. The molecule has 1 aromatic heterocycles. The molecule has 1 aromatic carbocycles. The maximum absolute atomic E-state index is 12.8. The third-order valence-corrected chi connectivity index (χ3v) is 4.05. The predicted octanol–water partition coefficient (Wildman–Crippen LogP) is 2.87. The van der Waals surface area contributed by atoms with Gasteiger partial charge in [-0.2, -0.15) is 18.3 Å². The van der Waals surface area contributed by atoms with Gasteiger partial charge in [-0.25, -0.2) is 4.98 Å². The van der Waals surface area contributed by atoms with E-state index in [1.54, 1.807) is 9.58 Å². The molecule has 7 nitrogen and oxygen atoms in total. The van der Waals surface area contributed by atoms with Crippen molar-refractivity contribution in [3.8, 4) is 0 Å². The van der Waals surface area contributed by atoms with Crippen LogP contribution in [0.4, 0.5) is 24.5 Å². The van der Waals surface area contributed by atoms with Crippen molar-refractivity contribution < 1.29 is 18.1 Å². The summed E-state index contributed by atoms with van der Waals surface area (Å²) in [4.78, 5) is 16.1. The van der Waals surface area contributed by atoms with Gasteiger partial charge in [0, 0.05) is 18.7 Å². The van der Waals surface area contributed by atoms with E-state index in [0.29, 0.717) is 19.2 Å². The van der Waals surface area contributed by atoms with E-state index in [1.807, 2.05) is 0 Å². The van der Waals surface area contributed by atoms with Crippen LogP contribution >= 0.6 is 0 Å². The van der Waals surface area contributed by atoms with Gasteiger partial charge in [0.05, 0.1) is 17.0 Å². The van der Waals surface area contributed by atoms with E-state index in [4.69, 9.17) is 0 Å². The molecule has 24 heavy (non-hydrogen) atoms. The maximum atomic E-state index is 12.8. The quantitative estimate of drug-likeness (QED) is 0.631. The fraction of sp³-hybridized carbons (Fsp3) is 0.429. The van der Waals surface area contributed by atoms with Crippen molar-refractivity contribution in [3.05, 3.63) is 46.5 Å². The number of hydrogen-bond donors (Lipinski definition) is 0. The molecular formula is C14H14F3N5O2. The molecule has 0 bridgehead atoms. The molecule has 0 unspecified atom stereocenters. The van der Waals surface area contributed by atoms with Crippen LogP contribution in [0.1, 0.15) is 18.4 Å². The lowest BCUT2D eigenvalue weighted by Crippen LogP contribution is -2.33. The Balaban J connectivity index is 1.93. The summed E-state index contributed by atoms with van der Waals surface area (Å²) in [5.41, 5.74) is -1.35. The Kier molecular flexibility index (Phi) is 4.12. The zero-order valence-corrected chi connectivity index (χ0v) is 12.5. The number of nitro groups is 1. The zero-order valence-electron chi connectivity index (χ0n) is 12.5. The summed E-state index contributed by atoms with van der Waals surface area (Å²) in [7, 11) is 0. The van der Waals surface area contributed by atoms with Gasteiger partial charge in [-0.05, 0) is 25.0 Å². The fourth-order valence-electron chi connectivity index (χ4n) is 2.97. The van der Waals surface area contributed by atoms with Gasteiger partial charge in [0.2, 0.25) is 0 Å². The summed E-state index contributed by atoms with van der Waals surface area (Å²) in [6, 6.07) is 2.58. The average molecular weight is 341 g/mol. The van der Waals surface area contributed by atoms with Gasteiger partial charge in [0.15, 0.2) is 0 Å². The number of halogens is 3. The minimum atomic E-state index is -4.62. The first-order valence-corrected chi connectivity index (χ1v) is 7.31.